The first kappa shape index (κ1) is 63.1. The molecule has 94 heavy (non-hydrogen) atoms. The molecule has 9 N–H and O–H groups in total. The highest BCUT2D eigenvalue weighted by Gasteiger charge is 2.18. The first-order valence-electron chi connectivity index (χ1n) is 28.6. The fourth-order valence-electron chi connectivity index (χ4n) is 9.66. The van der Waals surface area contributed by atoms with Crippen molar-refractivity contribution in [3.05, 3.63) is 256 Å². The number of pyridine rings is 5. The van der Waals surface area contributed by atoms with Crippen LogP contribution >= 0.6 is 11.6 Å². The summed E-state index contributed by atoms with van der Waals surface area (Å²) in [5.74, 6) is -0.0706. The van der Waals surface area contributed by atoms with Crippen molar-refractivity contribution in [3.63, 3.8) is 0 Å². The van der Waals surface area contributed by atoms with Crippen molar-refractivity contribution >= 4 is 121 Å². The second-order valence-electron chi connectivity index (χ2n) is 20.8. The van der Waals surface area contributed by atoms with Gasteiger partial charge in [0, 0.05) is 43.1 Å². The van der Waals surface area contributed by atoms with E-state index in [4.69, 9.17) is 28.8 Å². The molecule has 15 rings (SSSR count). The Morgan fingerprint density at radius 1 is 0.415 bits per heavy atom. The first-order chi connectivity index (χ1) is 45.4. The van der Waals surface area contributed by atoms with E-state index in [1.54, 1.807) is 123 Å². The number of nitrogens with one attached hydrogen (secondary N) is 2. The number of halogens is 6. The SMILES string of the molecule is Cn1nc(-c2cccc(F)c2)c2nc(N)ccc21.Cn1nc(/C=C/c2ccc(F)cc2)c2c1ccc[n+]2O.Cn1nc(/C=C/c2ccc(F)cc2)c2nc(N)ccc21.Fc1ccc(/C=C/c2n[nH]c3ccc(Cl)nc23)cc1.Nc1ccc2[nH]nc(-c3cccc(F)c3)c2n1. The summed E-state index contributed by atoms with van der Waals surface area (Å²) in [5, 5.41) is 37.5. The van der Waals surface area contributed by atoms with Crippen molar-refractivity contribution in [1.82, 2.24) is 69.7 Å². The smallest absolute Gasteiger partial charge is 0.309 e. The molecule has 5 aromatic carbocycles. The molecular weight excluding hydrogens is 1230 g/mol. The zero-order valence-corrected chi connectivity index (χ0v) is 50.9. The maximum Gasteiger partial charge on any atom is 0.309 e. The summed E-state index contributed by atoms with van der Waals surface area (Å²) in [7, 11) is 5.50. The van der Waals surface area contributed by atoms with Crippen LogP contribution < -0.4 is 21.9 Å². The summed E-state index contributed by atoms with van der Waals surface area (Å²) in [6, 6.07) is 49.0. The van der Waals surface area contributed by atoms with Crippen molar-refractivity contribution in [2.45, 2.75) is 0 Å². The van der Waals surface area contributed by atoms with Gasteiger partial charge in [-0.05, 0) is 150 Å². The molecule has 15 aromatic rings. The van der Waals surface area contributed by atoms with Crippen LogP contribution in [-0.2, 0) is 21.1 Å². The van der Waals surface area contributed by atoms with Crippen LogP contribution in [0.1, 0.15) is 33.8 Å². The van der Waals surface area contributed by atoms with E-state index < -0.39 is 0 Å². The Morgan fingerprint density at radius 2 is 0.872 bits per heavy atom. The molecule has 0 radical (unpaired) electrons. The lowest BCUT2D eigenvalue weighted by molar-refractivity contribution is -0.884. The number of hydrogen-bond donors (Lipinski definition) is 6. The van der Waals surface area contributed by atoms with Gasteiger partial charge in [0.2, 0.25) is 6.20 Å². The Kier molecular flexibility index (Phi) is 18.9. The van der Waals surface area contributed by atoms with E-state index >= 15 is 0 Å². The Labute approximate surface area is 536 Å². The number of nitrogens with zero attached hydrogens (tertiary/aromatic N) is 13. The highest BCUT2D eigenvalue weighted by Crippen LogP contribution is 2.29. The van der Waals surface area contributed by atoms with Gasteiger partial charge < -0.3 is 17.2 Å². The first-order valence-corrected chi connectivity index (χ1v) is 29.0. The van der Waals surface area contributed by atoms with Crippen LogP contribution in [0.2, 0.25) is 5.15 Å². The molecule has 0 saturated heterocycles. The predicted molar refractivity (Wildman–Crippen MR) is 358 cm³/mol. The number of aromatic amines is 2. The van der Waals surface area contributed by atoms with Gasteiger partial charge in [-0.3, -0.25) is 29.5 Å². The lowest BCUT2D eigenvalue weighted by atomic mass is 10.1. The second-order valence-corrected chi connectivity index (χ2v) is 21.2. The number of nitrogen functional groups attached to an aromatic ring is 3. The number of hydrogen-bond acceptors (Lipinski definition) is 13. The number of rotatable bonds is 8. The summed E-state index contributed by atoms with van der Waals surface area (Å²) >= 11 is 5.86. The largest absolute Gasteiger partial charge is 0.384 e. The summed E-state index contributed by atoms with van der Waals surface area (Å²) in [6.45, 7) is 0. The van der Waals surface area contributed by atoms with E-state index in [0.29, 0.717) is 78.6 Å². The van der Waals surface area contributed by atoms with Crippen LogP contribution in [0, 0.1) is 29.1 Å². The second kappa shape index (κ2) is 28.2. The zero-order valence-electron chi connectivity index (χ0n) is 50.1. The molecule has 0 bridgehead atoms. The molecule has 0 atom stereocenters. The number of aromatic nitrogens is 15. The minimum atomic E-state index is -0.303. The molecule has 0 aliphatic heterocycles. The molecule has 0 aliphatic rings. The van der Waals surface area contributed by atoms with Gasteiger partial charge in [-0.2, -0.15) is 25.5 Å². The number of nitrogens with two attached hydrogens (primary N) is 3. The van der Waals surface area contributed by atoms with Gasteiger partial charge in [-0.15, -0.1) is 0 Å². The number of H-pyrrole nitrogens is 2. The van der Waals surface area contributed by atoms with Crippen LogP contribution in [0.3, 0.4) is 0 Å². The number of benzene rings is 5. The van der Waals surface area contributed by atoms with Crippen molar-refractivity contribution in [3.8, 4) is 22.5 Å². The van der Waals surface area contributed by atoms with Gasteiger partial charge in [0.15, 0.2) is 5.69 Å². The number of fused-ring (bicyclic) bond motifs is 5. The minimum Gasteiger partial charge on any atom is -0.384 e. The van der Waals surface area contributed by atoms with Gasteiger partial charge in [0.25, 0.3) is 0 Å². The van der Waals surface area contributed by atoms with Crippen LogP contribution in [0.4, 0.5) is 39.4 Å². The van der Waals surface area contributed by atoms with Crippen LogP contribution in [0.15, 0.2) is 188 Å². The third-order valence-corrected chi connectivity index (χ3v) is 14.4. The van der Waals surface area contributed by atoms with Gasteiger partial charge >= 0.3 is 5.52 Å². The predicted octanol–water partition coefficient (Wildman–Crippen LogP) is 13.9. The Hall–Kier alpha value is -12.4. The topological polar surface area (TPSA) is 265 Å². The van der Waals surface area contributed by atoms with E-state index in [-0.39, 0.29) is 29.1 Å². The third-order valence-electron chi connectivity index (χ3n) is 14.2. The lowest BCUT2D eigenvalue weighted by Gasteiger charge is -1.98. The maximum absolute atomic E-state index is 13.3. The summed E-state index contributed by atoms with van der Waals surface area (Å²) in [4.78, 5) is 17.0. The monoisotopic (exact) mass is 1280 g/mol. The van der Waals surface area contributed by atoms with Gasteiger partial charge in [0.05, 0.1) is 22.1 Å². The van der Waals surface area contributed by atoms with E-state index in [0.717, 1.165) is 60.2 Å². The average molecular weight is 1280 g/mol. The molecule has 0 fully saturated rings. The molecule has 10 aromatic heterocycles. The molecule has 0 aliphatic carbocycles. The average Bonchev–Trinajstić information content (AvgIpc) is 1.68. The molecule has 10 heterocycles. The molecule has 25 heteroatoms. The van der Waals surface area contributed by atoms with Crippen molar-refractivity contribution in [2.75, 3.05) is 17.2 Å². The number of aryl methyl sites for hydroxylation is 3. The molecule has 19 nitrogen and oxygen atoms in total. The quantitative estimate of drug-likeness (QED) is 0.0358. The molecule has 0 amide bonds. The van der Waals surface area contributed by atoms with Crippen molar-refractivity contribution < 1.29 is 31.9 Å². The van der Waals surface area contributed by atoms with Gasteiger partial charge in [0.1, 0.15) is 102 Å². The van der Waals surface area contributed by atoms with Crippen LogP contribution in [-0.4, -0.2) is 74.9 Å². The molecular formula is C69H55ClF5N18O+. The zero-order chi connectivity index (χ0) is 66.0. The molecule has 0 saturated carbocycles. The normalized spacial score (nSPS) is 11.3. The highest BCUT2D eigenvalue weighted by molar-refractivity contribution is 6.29. The third kappa shape index (κ3) is 15.1. The van der Waals surface area contributed by atoms with E-state index in [9.17, 15) is 27.2 Å². The Morgan fingerprint density at radius 3 is 1.46 bits per heavy atom. The Bertz CT molecular complexity index is 5270. The molecule has 468 valence electrons. The van der Waals surface area contributed by atoms with Crippen molar-refractivity contribution in [2.24, 2.45) is 21.1 Å². The molecule has 0 spiro atoms. The summed E-state index contributed by atoms with van der Waals surface area (Å²) < 4.78 is 71.1. The Balaban J connectivity index is 0.000000120. The van der Waals surface area contributed by atoms with Crippen LogP contribution in [0.25, 0.3) is 114 Å². The van der Waals surface area contributed by atoms with Crippen molar-refractivity contribution in [1.29, 1.82) is 0 Å². The summed E-state index contributed by atoms with van der Waals surface area (Å²) in [6.07, 6.45) is 12.6. The lowest BCUT2D eigenvalue weighted by Crippen LogP contribution is -2.30. The van der Waals surface area contributed by atoms with Gasteiger partial charge in [-0.1, -0.05) is 90.5 Å². The summed E-state index contributed by atoms with van der Waals surface area (Å²) in [5.41, 5.74) is 32.0. The van der Waals surface area contributed by atoms with Gasteiger partial charge in [-0.25, -0.2) is 41.9 Å². The number of anilines is 3. The van der Waals surface area contributed by atoms with E-state index in [1.165, 1.54) is 60.7 Å². The highest BCUT2D eigenvalue weighted by atomic mass is 35.5. The fourth-order valence-corrected chi connectivity index (χ4v) is 9.80. The van der Waals surface area contributed by atoms with E-state index in [1.807, 2.05) is 75.8 Å². The minimum absolute atomic E-state index is 0.250. The fraction of sp³-hybridized carbons (Fsp3) is 0.0435. The van der Waals surface area contributed by atoms with Crippen LogP contribution in [0.5, 0.6) is 0 Å². The maximum atomic E-state index is 13.3. The molecule has 0 unspecified atom stereocenters. The standard InChI is InChI=1S/C15H13FN4.C15H13FN3O.C14H9ClFN3.C13H11FN4.C12H9FN4/c1-20-13-8-9-14(17)18-15(13)12(19-20)7-4-10-2-5-11(16)6-3-10;1-18-14-3-2-10-19(20)15(14)13(17-18)9-6-11-4-7-12(16)8-5-11;15-13-8-7-12-14(17-13)11(18-19-12)6-3-9-1-4-10(16)5-2-9;1-18-10-5-6-11(15)16-13(10)12(17-18)8-3-2-4-9(14)7-8;13-8-3-1-2-7(6-8)11-12-9(16-17-11)4-5-10(14)15-12/h2-9H,1H3,(H2,17,18);2-10,20H,1H3;1-8H,(H,18,19);2-7H,1H3,(H2,15,16);1-6H,(H2,14,15)(H,16,17)/q;+1;;;/b7-4+;9-6+;6-3+;;. The van der Waals surface area contributed by atoms with E-state index in [2.05, 4.69) is 55.6 Å².